The molecular weight excluding hydrogens is 534 g/mol. The number of hydrogen-bond donors (Lipinski definition) is 2. The van der Waals surface area contributed by atoms with Gasteiger partial charge in [-0.25, -0.2) is 9.78 Å². The standard InChI is InChI=1S/C29H30ClN5O5/c1-33-24(25(36)14-18-7-5-10-21(13-18)40-2)15-23-26(27(33)37)35(16-19-8-3-4-11-22(19)30)28(32-23)34-12-6-9-20(17-34)31-29(38)39/h3-5,7-8,10-11,13,15,20,31H,6,9,12,14,16-17H2,1-2H3,(H,38,39)/t20-/m1/s1. The van der Waals surface area contributed by atoms with Crippen LogP contribution in [0, 0.1) is 0 Å². The molecule has 0 spiro atoms. The number of hydrogen-bond acceptors (Lipinski definition) is 6. The molecule has 1 aliphatic rings. The fraction of sp³-hybridized carbons (Fsp3) is 0.310. The van der Waals surface area contributed by atoms with E-state index in [1.165, 1.54) is 4.57 Å². The van der Waals surface area contributed by atoms with E-state index in [-0.39, 0.29) is 36.0 Å². The quantitative estimate of drug-likeness (QED) is 0.310. The summed E-state index contributed by atoms with van der Waals surface area (Å²) in [6, 6.07) is 16.0. The van der Waals surface area contributed by atoms with E-state index in [9.17, 15) is 19.5 Å². The molecule has 0 radical (unpaired) electrons. The Labute approximate surface area is 235 Å². The molecule has 0 bridgehead atoms. The van der Waals surface area contributed by atoms with E-state index in [4.69, 9.17) is 21.3 Å². The lowest BCUT2D eigenvalue weighted by atomic mass is 10.1. The molecule has 1 amide bonds. The van der Waals surface area contributed by atoms with Gasteiger partial charge in [-0.3, -0.25) is 9.59 Å². The third-order valence-electron chi connectivity index (χ3n) is 7.22. The number of rotatable bonds is 8. The summed E-state index contributed by atoms with van der Waals surface area (Å²) >= 11 is 6.49. The van der Waals surface area contributed by atoms with Gasteiger partial charge in [0.1, 0.15) is 11.3 Å². The van der Waals surface area contributed by atoms with E-state index in [1.807, 2.05) is 39.8 Å². The lowest BCUT2D eigenvalue weighted by Gasteiger charge is -2.33. The van der Waals surface area contributed by atoms with Gasteiger partial charge < -0.3 is 29.2 Å². The van der Waals surface area contributed by atoms with Crippen molar-refractivity contribution in [2.75, 3.05) is 25.1 Å². The number of ketones is 1. The second kappa shape index (κ2) is 11.4. The van der Waals surface area contributed by atoms with Crippen LogP contribution in [-0.2, 0) is 20.0 Å². The van der Waals surface area contributed by atoms with Crippen molar-refractivity contribution in [2.45, 2.75) is 31.8 Å². The van der Waals surface area contributed by atoms with Crippen molar-refractivity contribution in [2.24, 2.45) is 7.05 Å². The number of imidazole rings is 1. The van der Waals surface area contributed by atoms with Gasteiger partial charge in [-0.1, -0.05) is 41.9 Å². The van der Waals surface area contributed by atoms with Gasteiger partial charge in [0.15, 0.2) is 5.78 Å². The molecule has 4 aromatic rings. The molecule has 208 valence electrons. The number of carbonyl (C=O) groups excluding carboxylic acids is 1. The van der Waals surface area contributed by atoms with E-state index < -0.39 is 6.09 Å². The van der Waals surface area contributed by atoms with Crippen LogP contribution >= 0.6 is 11.6 Å². The maximum absolute atomic E-state index is 13.8. The van der Waals surface area contributed by atoms with Crippen molar-refractivity contribution in [3.63, 3.8) is 0 Å². The number of aromatic nitrogens is 3. The average molecular weight is 564 g/mol. The number of methoxy groups -OCH3 is 1. The number of ether oxygens (including phenoxy) is 1. The topological polar surface area (TPSA) is 119 Å². The number of amides is 1. The summed E-state index contributed by atoms with van der Waals surface area (Å²) in [4.78, 5) is 45.3. The predicted octanol–water partition coefficient (Wildman–Crippen LogP) is 4.11. The van der Waals surface area contributed by atoms with Gasteiger partial charge in [0.25, 0.3) is 5.56 Å². The lowest BCUT2D eigenvalue weighted by molar-refractivity contribution is 0.0984. The Kier molecular flexibility index (Phi) is 7.79. The summed E-state index contributed by atoms with van der Waals surface area (Å²) < 4.78 is 8.46. The molecule has 2 aromatic heterocycles. The Hall–Kier alpha value is -4.31. The Morgan fingerprint density at radius 2 is 1.98 bits per heavy atom. The maximum atomic E-state index is 13.8. The van der Waals surface area contributed by atoms with Crippen LogP contribution in [0.2, 0.25) is 5.02 Å². The number of carbonyl (C=O) groups is 2. The van der Waals surface area contributed by atoms with Gasteiger partial charge in [-0.15, -0.1) is 0 Å². The van der Waals surface area contributed by atoms with Crippen molar-refractivity contribution in [3.05, 3.63) is 86.8 Å². The van der Waals surface area contributed by atoms with Crippen molar-refractivity contribution in [1.29, 1.82) is 0 Å². The molecule has 11 heteroatoms. The molecule has 1 atom stereocenters. The van der Waals surface area contributed by atoms with Crippen LogP contribution in [0.25, 0.3) is 11.0 Å². The number of nitrogens with zero attached hydrogens (tertiary/aromatic N) is 4. The van der Waals surface area contributed by atoms with Gasteiger partial charge in [0.05, 0.1) is 24.9 Å². The summed E-state index contributed by atoms with van der Waals surface area (Å²) in [5, 5.41) is 12.4. The summed E-state index contributed by atoms with van der Waals surface area (Å²) in [6.45, 7) is 1.33. The molecule has 1 saturated heterocycles. The number of carboxylic acid groups (broad SMARTS) is 1. The number of fused-ring (bicyclic) bond motifs is 1. The fourth-order valence-corrected chi connectivity index (χ4v) is 5.44. The molecule has 40 heavy (non-hydrogen) atoms. The molecule has 0 unspecified atom stereocenters. The minimum Gasteiger partial charge on any atom is -0.497 e. The number of anilines is 1. The first kappa shape index (κ1) is 27.3. The Morgan fingerprint density at radius 1 is 1.18 bits per heavy atom. The summed E-state index contributed by atoms with van der Waals surface area (Å²) in [5.41, 5.74) is 2.22. The van der Waals surface area contributed by atoms with Crippen molar-refractivity contribution in [1.82, 2.24) is 19.4 Å². The number of Topliss-reactive ketones (excluding diaryl/α,β-unsaturated/α-hetero) is 1. The van der Waals surface area contributed by atoms with Gasteiger partial charge in [0, 0.05) is 37.6 Å². The van der Waals surface area contributed by atoms with Crippen LogP contribution in [0.15, 0.2) is 59.4 Å². The molecule has 0 saturated carbocycles. The highest BCUT2D eigenvalue weighted by atomic mass is 35.5. The number of nitrogens with one attached hydrogen (secondary N) is 1. The molecular formula is C29H30ClN5O5. The normalized spacial score (nSPS) is 15.3. The first-order chi connectivity index (χ1) is 19.2. The molecule has 1 aliphatic heterocycles. The molecule has 3 heterocycles. The molecule has 5 rings (SSSR count). The molecule has 10 nitrogen and oxygen atoms in total. The maximum Gasteiger partial charge on any atom is 0.404 e. The molecule has 2 N–H and O–H groups in total. The minimum absolute atomic E-state index is 0.0951. The zero-order chi connectivity index (χ0) is 28.4. The Bertz CT molecular complexity index is 1650. The van der Waals surface area contributed by atoms with Crippen molar-refractivity contribution >= 4 is 40.5 Å². The molecule has 0 aliphatic carbocycles. The van der Waals surface area contributed by atoms with E-state index >= 15 is 0 Å². The highest BCUT2D eigenvalue weighted by Crippen LogP contribution is 2.28. The number of benzene rings is 2. The fourth-order valence-electron chi connectivity index (χ4n) is 5.24. The van der Waals surface area contributed by atoms with Crippen molar-refractivity contribution < 1.29 is 19.4 Å². The second-order valence-electron chi connectivity index (χ2n) is 9.90. The highest BCUT2D eigenvalue weighted by Gasteiger charge is 2.28. The van der Waals surface area contributed by atoms with Crippen LogP contribution in [0.3, 0.4) is 0 Å². The average Bonchev–Trinajstić information content (AvgIpc) is 3.30. The lowest BCUT2D eigenvalue weighted by Crippen LogP contribution is -2.48. The number of piperidine rings is 1. The monoisotopic (exact) mass is 563 g/mol. The largest absolute Gasteiger partial charge is 0.497 e. The zero-order valence-corrected chi connectivity index (χ0v) is 23.0. The third-order valence-corrected chi connectivity index (χ3v) is 7.59. The summed E-state index contributed by atoms with van der Waals surface area (Å²) in [7, 11) is 3.15. The second-order valence-corrected chi connectivity index (χ2v) is 10.3. The highest BCUT2D eigenvalue weighted by molar-refractivity contribution is 6.31. The van der Waals surface area contributed by atoms with Crippen LogP contribution in [0.1, 0.15) is 34.5 Å². The number of halogens is 1. The molecule has 1 fully saturated rings. The van der Waals surface area contributed by atoms with E-state index in [1.54, 1.807) is 38.4 Å². The van der Waals surface area contributed by atoms with Gasteiger partial charge in [-0.05, 0) is 48.2 Å². The third kappa shape index (κ3) is 5.53. The summed E-state index contributed by atoms with van der Waals surface area (Å²) in [6.07, 6.45) is 0.475. The van der Waals surface area contributed by atoms with Gasteiger partial charge in [0.2, 0.25) is 5.95 Å². The zero-order valence-electron chi connectivity index (χ0n) is 22.3. The van der Waals surface area contributed by atoms with Crippen LogP contribution in [0.4, 0.5) is 10.7 Å². The summed E-state index contributed by atoms with van der Waals surface area (Å²) in [5.74, 6) is 0.955. The number of pyridine rings is 1. The van der Waals surface area contributed by atoms with Crippen LogP contribution < -0.4 is 20.5 Å². The predicted molar refractivity (Wildman–Crippen MR) is 153 cm³/mol. The minimum atomic E-state index is -1.08. The molecule has 2 aromatic carbocycles. The van der Waals surface area contributed by atoms with E-state index in [0.29, 0.717) is 47.3 Å². The van der Waals surface area contributed by atoms with Crippen LogP contribution in [-0.4, -0.2) is 57.3 Å². The Morgan fingerprint density at radius 3 is 2.73 bits per heavy atom. The van der Waals surface area contributed by atoms with Crippen LogP contribution in [0.5, 0.6) is 5.75 Å². The van der Waals surface area contributed by atoms with Gasteiger partial charge in [-0.2, -0.15) is 0 Å². The van der Waals surface area contributed by atoms with E-state index in [0.717, 1.165) is 17.5 Å². The van der Waals surface area contributed by atoms with E-state index in [2.05, 4.69) is 5.32 Å². The smallest absolute Gasteiger partial charge is 0.404 e. The SMILES string of the molecule is COc1cccc(CC(=O)c2cc3nc(N4CCC[C@@H](NC(=O)O)C4)n(Cc4ccccc4Cl)c3c(=O)n2C)c1. The van der Waals surface area contributed by atoms with Gasteiger partial charge >= 0.3 is 6.09 Å². The van der Waals surface area contributed by atoms with Crippen molar-refractivity contribution in [3.8, 4) is 5.75 Å². The Balaban J connectivity index is 1.59. The first-order valence-corrected chi connectivity index (χ1v) is 13.4. The first-order valence-electron chi connectivity index (χ1n) is 13.0.